The first-order valence-electron chi connectivity index (χ1n) is 4.45. The van der Waals surface area contributed by atoms with Gasteiger partial charge in [0.1, 0.15) is 0 Å². The summed E-state index contributed by atoms with van der Waals surface area (Å²) in [6.45, 7) is 1.75. The first-order valence-corrected chi connectivity index (χ1v) is 4.45. The average Bonchev–Trinajstić information content (AvgIpc) is 2.91. The largest absolute Gasteiger partial charge is 2.00 e. The topological polar surface area (TPSA) is 35.1 Å². The first-order chi connectivity index (χ1) is 6.84. The molecule has 0 saturated carbocycles. The summed E-state index contributed by atoms with van der Waals surface area (Å²) in [5.74, 6) is 0. The molecule has 2 nitrogen and oxygen atoms in total. The van der Waals surface area contributed by atoms with Crippen LogP contribution in [0.2, 0.25) is 0 Å². The van der Waals surface area contributed by atoms with E-state index in [1.807, 2.05) is 60.1 Å². The van der Waals surface area contributed by atoms with Gasteiger partial charge < -0.3 is 10.7 Å². The third kappa shape index (κ3) is 5.33. The van der Waals surface area contributed by atoms with Gasteiger partial charge in [-0.15, -0.1) is 0 Å². The molecule has 0 aromatic heterocycles. The van der Waals surface area contributed by atoms with E-state index >= 15 is 0 Å². The molecule has 1 aliphatic carbocycles. The van der Waals surface area contributed by atoms with Crippen molar-refractivity contribution in [3.8, 4) is 0 Å². The fourth-order valence-electron chi connectivity index (χ4n) is 1.00. The monoisotopic (exact) mass is 243 g/mol. The summed E-state index contributed by atoms with van der Waals surface area (Å²) < 4.78 is 0. The van der Waals surface area contributed by atoms with Gasteiger partial charge in [0.05, 0.1) is 0 Å². The molecule has 1 aliphatic rings. The number of allylic oxidation sites excluding steroid dienone is 6. The van der Waals surface area contributed by atoms with Crippen molar-refractivity contribution >= 4 is 0 Å². The second-order valence-electron chi connectivity index (χ2n) is 2.86. The Bertz CT molecular complexity index is 305. The van der Waals surface area contributed by atoms with Crippen LogP contribution in [0.1, 0.15) is 6.92 Å². The van der Waals surface area contributed by atoms with Crippen LogP contribution in [-0.2, 0) is 17.1 Å². The number of hydroxylamine groups is 1. The second-order valence-corrected chi connectivity index (χ2v) is 2.86. The second kappa shape index (κ2) is 8.18. The molecule has 0 amide bonds. The zero-order valence-electron chi connectivity index (χ0n) is 8.46. The normalized spacial score (nSPS) is 11.5. The van der Waals surface area contributed by atoms with Crippen LogP contribution in [-0.4, -0.2) is 0 Å². The van der Waals surface area contributed by atoms with Crippen molar-refractivity contribution in [3.05, 3.63) is 71.1 Å². The van der Waals surface area contributed by atoms with E-state index in [0.717, 1.165) is 5.57 Å². The van der Waals surface area contributed by atoms with Gasteiger partial charge in [0.25, 0.3) is 0 Å². The van der Waals surface area contributed by atoms with E-state index in [0.29, 0.717) is 5.70 Å². The van der Waals surface area contributed by atoms with Crippen molar-refractivity contribution in [1.82, 2.24) is 5.48 Å². The summed E-state index contributed by atoms with van der Waals surface area (Å²) in [5.41, 5.74) is 3.46. The maximum absolute atomic E-state index is 10.0. The summed E-state index contributed by atoms with van der Waals surface area (Å²) in [6, 6.07) is 10.0. The van der Waals surface area contributed by atoms with Gasteiger partial charge in [0, 0.05) is 5.70 Å². The molecule has 1 N–H and O–H groups in total. The number of hydrogen-bond acceptors (Lipinski definition) is 2. The summed E-state index contributed by atoms with van der Waals surface area (Å²) in [7, 11) is 0. The molecule has 0 unspecified atom stereocenters. The van der Waals surface area contributed by atoms with E-state index in [4.69, 9.17) is 0 Å². The number of hydrogen-bond donors (Lipinski definition) is 1. The molecule has 15 heavy (non-hydrogen) atoms. The van der Waals surface area contributed by atoms with E-state index in [2.05, 4.69) is 0 Å². The zero-order valence-corrected chi connectivity index (χ0v) is 9.56. The van der Waals surface area contributed by atoms with Gasteiger partial charge in [-0.25, -0.2) is 12.1 Å². The summed E-state index contributed by atoms with van der Waals surface area (Å²) in [4.78, 5) is 0. The van der Waals surface area contributed by atoms with Crippen LogP contribution in [0.15, 0.2) is 65.9 Å². The van der Waals surface area contributed by atoms with Gasteiger partial charge in [0.2, 0.25) is 0 Å². The van der Waals surface area contributed by atoms with Gasteiger partial charge in [-0.2, -0.15) is 18.2 Å². The van der Waals surface area contributed by atoms with E-state index in [1.54, 1.807) is 6.92 Å². The van der Waals surface area contributed by atoms with Gasteiger partial charge in [-0.3, -0.25) is 0 Å². The van der Waals surface area contributed by atoms with Crippen LogP contribution in [0.4, 0.5) is 0 Å². The minimum atomic E-state index is 0. The van der Waals surface area contributed by atoms with Gasteiger partial charge in [0.15, 0.2) is 0 Å². The maximum atomic E-state index is 10.0. The molecular formula is C12H13FeNO. The Morgan fingerprint density at radius 2 is 1.73 bits per heavy atom. The van der Waals surface area contributed by atoms with Crippen molar-refractivity contribution in [2.45, 2.75) is 6.92 Å². The minimum Gasteiger partial charge on any atom is -0.761 e. The fraction of sp³-hybridized carbons (Fsp3) is 0.0833. The van der Waals surface area contributed by atoms with Crippen molar-refractivity contribution in [1.29, 1.82) is 0 Å². The van der Waals surface area contributed by atoms with E-state index in [9.17, 15) is 5.21 Å². The third-order valence-corrected chi connectivity index (χ3v) is 1.80. The number of rotatable bonds is 1. The summed E-state index contributed by atoms with van der Waals surface area (Å²) >= 11 is 0. The molecule has 0 spiro atoms. The predicted octanol–water partition coefficient (Wildman–Crippen LogP) is 2.88. The summed E-state index contributed by atoms with van der Waals surface area (Å²) in [6.07, 6.45) is 7.58. The average molecular weight is 243 g/mol. The quantitative estimate of drug-likeness (QED) is 0.467. The fourth-order valence-corrected chi connectivity index (χ4v) is 1.00. The van der Waals surface area contributed by atoms with Gasteiger partial charge >= 0.3 is 17.1 Å². The molecule has 0 fully saturated rings. The maximum Gasteiger partial charge on any atom is 2.00 e. The van der Waals surface area contributed by atoms with Crippen LogP contribution in [0.5, 0.6) is 0 Å². The van der Waals surface area contributed by atoms with Crippen LogP contribution in [0.25, 0.3) is 0 Å². The third-order valence-electron chi connectivity index (χ3n) is 1.80. The van der Waals surface area contributed by atoms with Gasteiger partial charge in [-0.05, 0) is 12.5 Å². The van der Waals surface area contributed by atoms with Crippen molar-refractivity contribution in [2.75, 3.05) is 0 Å². The van der Waals surface area contributed by atoms with Crippen LogP contribution in [0, 0.1) is 5.21 Å². The zero-order chi connectivity index (χ0) is 10.2. The molecule has 1 aromatic rings. The van der Waals surface area contributed by atoms with E-state index < -0.39 is 0 Å². The minimum absolute atomic E-state index is 0. The molecule has 0 atom stereocenters. The smallest absolute Gasteiger partial charge is 0.761 e. The van der Waals surface area contributed by atoms with Gasteiger partial charge in [-0.1, -0.05) is 24.3 Å². The van der Waals surface area contributed by atoms with Crippen LogP contribution >= 0.6 is 0 Å². The standard InChI is InChI=1S/C7H8NO.C5H5.Fe/c1-6(8-9)7-4-2-3-5-7;1-2-4-5-3-1;/h2-5,8H,1H3;1-5H;/q2*-1;+2. The Morgan fingerprint density at radius 3 is 2.07 bits per heavy atom. The van der Waals surface area contributed by atoms with Crippen LogP contribution < -0.4 is 5.48 Å². The predicted molar refractivity (Wildman–Crippen MR) is 59.5 cm³/mol. The Morgan fingerprint density at radius 1 is 1.20 bits per heavy atom. The molecular weight excluding hydrogens is 230 g/mol. The van der Waals surface area contributed by atoms with E-state index in [-0.39, 0.29) is 17.1 Å². The molecule has 0 radical (unpaired) electrons. The Labute approximate surface area is 101 Å². The SMILES string of the molecule is CC(N[O-])=C1C=CC=C1.[Fe+2].c1cc[cH-]c1. The molecule has 0 bridgehead atoms. The molecule has 0 saturated heterocycles. The number of nitrogens with one attached hydrogen (secondary N) is 1. The Balaban J connectivity index is 0.000000280. The van der Waals surface area contributed by atoms with Crippen molar-refractivity contribution < 1.29 is 17.1 Å². The molecule has 1 aromatic carbocycles. The molecule has 0 aliphatic heterocycles. The molecule has 3 heteroatoms. The molecule has 0 heterocycles. The first kappa shape index (κ1) is 13.8. The molecule has 80 valence electrons. The van der Waals surface area contributed by atoms with Crippen molar-refractivity contribution in [3.63, 3.8) is 0 Å². The summed E-state index contributed by atoms with van der Waals surface area (Å²) in [5, 5.41) is 10.0. The van der Waals surface area contributed by atoms with E-state index in [1.165, 1.54) is 0 Å². The van der Waals surface area contributed by atoms with Crippen LogP contribution in [0.3, 0.4) is 0 Å². The Kier molecular flexibility index (Phi) is 7.55. The molecule has 2 rings (SSSR count). The van der Waals surface area contributed by atoms with Crippen molar-refractivity contribution in [2.24, 2.45) is 0 Å². The Hall–Kier alpha value is -1.15.